The molecule has 1 atom stereocenters. The fourth-order valence-corrected chi connectivity index (χ4v) is 1.68. The number of likely N-dealkylation sites (tertiary alicyclic amines) is 1. The largest absolute Gasteiger partial charge is 0.444 e. The number of nitrogens with two attached hydrogens (primary N) is 1. The molecule has 0 aromatic carbocycles. The van der Waals surface area contributed by atoms with Crippen molar-refractivity contribution in [3.05, 3.63) is 0 Å². The lowest BCUT2D eigenvalue weighted by Gasteiger charge is -2.49. The van der Waals surface area contributed by atoms with Crippen LogP contribution in [0.5, 0.6) is 0 Å². The Labute approximate surface area is 96.6 Å². The molecule has 0 radical (unpaired) electrons. The maximum absolute atomic E-state index is 11.6. The Hall–Kier alpha value is -0.810. The molecule has 0 aromatic rings. The molecule has 1 saturated heterocycles. The molecule has 94 valence electrons. The molecular weight excluding hydrogens is 208 g/mol. The molecule has 1 rings (SSSR count). The van der Waals surface area contributed by atoms with Gasteiger partial charge in [0.2, 0.25) is 0 Å². The number of hydrogen-bond donors (Lipinski definition) is 2. The molecule has 1 fully saturated rings. The Morgan fingerprint density at radius 2 is 2.06 bits per heavy atom. The number of aliphatic hydroxyl groups is 1. The van der Waals surface area contributed by atoms with Crippen LogP contribution in [0, 0.1) is 0 Å². The smallest absolute Gasteiger partial charge is 0.410 e. The van der Waals surface area contributed by atoms with E-state index in [1.165, 1.54) is 4.90 Å². The molecule has 1 aliphatic rings. The van der Waals surface area contributed by atoms with Crippen LogP contribution in [0.3, 0.4) is 0 Å². The highest BCUT2D eigenvalue weighted by Gasteiger charge is 2.48. The number of ether oxygens (including phenoxy) is 1. The van der Waals surface area contributed by atoms with Gasteiger partial charge < -0.3 is 20.5 Å². The van der Waals surface area contributed by atoms with Crippen molar-refractivity contribution in [2.75, 3.05) is 13.1 Å². The fraction of sp³-hybridized carbons (Fsp3) is 0.909. The molecule has 16 heavy (non-hydrogen) atoms. The molecule has 5 nitrogen and oxygen atoms in total. The summed E-state index contributed by atoms with van der Waals surface area (Å²) < 4.78 is 5.18. The van der Waals surface area contributed by atoms with Gasteiger partial charge in [-0.15, -0.1) is 0 Å². The predicted molar refractivity (Wildman–Crippen MR) is 61.0 cm³/mol. The van der Waals surface area contributed by atoms with Crippen molar-refractivity contribution in [1.82, 2.24) is 4.90 Å². The van der Waals surface area contributed by atoms with E-state index < -0.39 is 11.2 Å². The Morgan fingerprint density at radius 1 is 1.56 bits per heavy atom. The molecule has 1 amide bonds. The van der Waals surface area contributed by atoms with Crippen molar-refractivity contribution >= 4 is 6.09 Å². The number of carbonyl (C=O) groups excluding carboxylic acids is 1. The lowest BCUT2D eigenvalue weighted by molar-refractivity contribution is -0.112. The normalized spacial score (nSPS) is 21.2. The van der Waals surface area contributed by atoms with Crippen LogP contribution in [0.1, 0.15) is 34.1 Å². The molecular formula is C11H22N2O3. The summed E-state index contributed by atoms with van der Waals surface area (Å²) in [5.41, 5.74) is 4.33. The monoisotopic (exact) mass is 230 g/mol. The lowest BCUT2D eigenvalue weighted by atomic mass is 9.85. The van der Waals surface area contributed by atoms with Crippen molar-refractivity contribution in [2.24, 2.45) is 5.73 Å². The summed E-state index contributed by atoms with van der Waals surface area (Å²) in [4.78, 5) is 13.1. The third kappa shape index (κ3) is 2.86. The van der Waals surface area contributed by atoms with Crippen molar-refractivity contribution in [3.8, 4) is 0 Å². The second-order valence-electron chi connectivity index (χ2n) is 5.45. The topological polar surface area (TPSA) is 75.8 Å². The second-order valence-corrected chi connectivity index (χ2v) is 5.45. The average molecular weight is 230 g/mol. The highest BCUT2D eigenvalue weighted by atomic mass is 16.6. The van der Waals surface area contributed by atoms with Gasteiger partial charge in [-0.3, -0.25) is 0 Å². The minimum absolute atomic E-state index is 0.261. The molecule has 0 saturated carbocycles. The molecule has 1 unspecified atom stereocenters. The minimum atomic E-state index is -0.939. The van der Waals surface area contributed by atoms with E-state index in [1.54, 1.807) is 0 Å². The van der Waals surface area contributed by atoms with E-state index in [1.807, 2.05) is 27.7 Å². The van der Waals surface area contributed by atoms with Crippen molar-refractivity contribution < 1.29 is 14.6 Å². The van der Waals surface area contributed by atoms with Crippen LogP contribution >= 0.6 is 0 Å². The summed E-state index contributed by atoms with van der Waals surface area (Å²) in [6.07, 6.45) is 0.305. The molecule has 0 aromatic heterocycles. The molecule has 3 N–H and O–H groups in total. The first-order valence-corrected chi connectivity index (χ1v) is 5.64. The Balaban J connectivity index is 2.44. The van der Waals surface area contributed by atoms with Gasteiger partial charge in [0.25, 0.3) is 0 Å². The zero-order valence-corrected chi connectivity index (χ0v) is 10.5. The molecule has 1 aliphatic heterocycles. The summed E-state index contributed by atoms with van der Waals surface area (Å²) in [6, 6.07) is -0.286. The van der Waals surface area contributed by atoms with Gasteiger partial charge in [0, 0.05) is 6.04 Å². The van der Waals surface area contributed by atoms with Crippen molar-refractivity contribution in [3.63, 3.8) is 0 Å². The van der Waals surface area contributed by atoms with Gasteiger partial charge in [0.05, 0.1) is 13.1 Å². The van der Waals surface area contributed by atoms with Crippen LogP contribution in [0.2, 0.25) is 0 Å². The van der Waals surface area contributed by atoms with E-state index in [0.717, 1.165) is 0 Å². The maximum atomic E-state index is 11.6. The van der Waals surface area contributed by atoms with E-state index in [0.29, 0.717) is 6.42 Å². The van der Waals surface area contributed by atoms with Gasteiger partial charge in [0.1, 0.15) is 11.2 Å². The minimum Gasteiger partial charge on any atom is -0.444 e. The maximum Gasteiger partial charge on any atom is 0.410 e. The number of nitrogens with zero attached hydrogens (tertiary/aromatic N) is 1. The second kappa shape index (κ2) is 4.22. The fourth-order valence-electron chi connectivity index (χ4n) is 1.68. The third-order valence-electron chi connectivity index (χ3n) is 2.71. The van der Waals surface area contributed by atoms with Gasteiger partial charge in [-0.25, -0.2) is 4.79 Å². The Morgan fingerprint density at radius 3 is 2.44 bits per heavy atom. The van der Waals surface area contributed by atoms with E-state index in [2.05, 4.69) is 0 Å². The molecule has 5 heteroatoms. The number of carbonyl (C=O) groups is 1. The van der Waals surface area contributed by atoms with Crippen LogP contribution in [0.25, 0.3) is 0 Å². The summed E-state index contributed by atoms with van der Waals surface area (Å²) in [5.74, 6) is 0. The third-order valence-corrected chi connectivity index (χ3v) is 2.71. The van der Waals surface area contributed by atoms with Gasteiger partial charge in [0.15, 0.2) is 0 Å². The number of rotatable bonds is 2. The number of hydrogen-bond acceptors (Lipinski definition) is 4. The first-order valence-electron chi connectivity index (χ1n) is 5.64. The predicted octanol–water partition coefficient (Wildman–Crippen LogP) is 0.705. The molecule has 0 bridgehead atoms. The first-order chi connectivity index (χ1) is 7.18. The molecule has 0 spiro atoms. The Bertz CT molecular complexity index is 267. The SMILES string of the molecule is CCC(N)C1(O)CN(C(=O)OC(C)(C)C)C1. The van der Waals surface area contributed by atoms with Crippen molar-refractivity contribution in [2.45, 2.75) is 51.4 Å². The zero-order valence-electron chi connectivity index (χ0n) is 10.5. The van der Waals surface area contributed by atoms with Gasteiger partial charge in [-0.05, 0) is 27.2 Å². The van der Waals surface area contributed by atoms with E-state index in [-0.39, 0.29) is 25.2 Å². The molecule has 0 aliphatic carbocycles. The highest BCUT2D eigenvalue weighted by molar-refractivity contribution is 5.69. The standard InChI is InChI=1S/C11H22N2O3/c1-5-8(12)11(15)6-13(7-11)9(14)16-10(2,3)4/h8,15H,5-7,12H2,1-4H3. The average Bonchev–Trinajstić information content (AvgIpc) is 2.08. The lowest BCUT2D eigenvalue weighted by Crippen LogP contribution is -2.71. The number of amides is 1. The van der Waals surface area contributed by atoms with Crippen LogP contribution in [-0.4, -0.2) is 46.4 Å². The van der Waals surface area contributed by atoms with E-state index >= 15 is 0 Å². The van der Waals surface area contributed by atoms with Crippen LogP contribution in [0.15, 0.2) is 0 Å². The number of β-amino-alcohol motifs (C(OH)–C–C–N with tert-alkyl or cyclic N) is 1. The van der Waals surface area contributed by atoms with Crippen LogP contribution < -0.4 is 5.73 Å². The van der Waals surface area contributed by atoms with Gasteiger partial charge in [-0.1, -0.05) is 6.92 Å². The van der Waals surface area contributed by atoms with Gasteiger partial charge in [-0.2, -0.15) is 0 Å². The van der Waals surface area contributed by atoms with Crippen LogP contribution in [-0.2, 0) is 4.74 Å². The summed E-state index contributed by atoms with van der Waals surface area (Å²) in [7, 11) is 0. The quantitative estimate of drug-likeness (QED) is 0.732. The van der Waals surface area contributed by atoms with E-state index in [9.17, 15) is 9.90 Å². The summed E-state index contributed by atoms with van der Waals surface area (Å²) in [6.45, 7) is 7.88. The summed E-state index contributed by atoms with van der Waals surface area (Å²) >= 11 is 0. The zero-order chi connectivity index (χ0) is 12.6. The summed E-state index contributed by atoms with van der Waals surface area (Å²) in [5, 5.41) is 10.0. The Kier molecular flexibility index (Phi) is 3.50. The van der Waals surface area contributed by atoms with Crippen molar-refractivity contribution in [1.29, 1.82) is 0 Å². The molecule has 1 heterocycles. The highest BCUT2D eigenvalue weighted by Crippen LogP contribution is 2.26. The first kappa shape index (κ1) is 13.3. The van der Waals surface area contributed by atoms with Gasteiger partial charge >= 0.3 is 6.09 Å². The van der Waals surface area contributed by atoms with Crippen LogP contribution in [0.4, 0.5) is 4.79 Å². The van der Waals surface area contributed by atoms with E-state index in [4.69, 9.17) is 10.5 Å².